The van der Waals surface area contributed by atoms with Gasteiger partial charge in [-0.05, 0) is 63.0 Å². The minimum absolute atomic E-state index is 0.290. The molecular weight excluding hydrogens is 248 g/mol. The van der Waals surface area contributed by atoms with Gasteiger partial charge in [-0.2, -0.15) is 0 Å². The van der Waals surface area contributed by atoms with Crippen LogP contribution in [0.1, 0.15) is 31.4 Å². The molecule has 0 aliphatic heterocycles. The van der Waals surface area contributed by atoms with Gasteiger partial charge in [0.25, 0.3) is 0 Å². The van der Waals surface area contributed by atoms with Crippen molar-refractivity contribution in [3.05, 3.63) is 29.3 Å². The fourth-order valence-corrected chi connectivity index (χ4v) is 2.15. The monoisotopic (exact) mass is 278 g/mol. The van der Waals surface area contributed by atoms with Gasteiger partial charge < -0.3 is 15.4 Å². The largest absolute Gasteiger partial charge is 0.492 e. The molecule has 3 heteroatoms. The van der Waals surface area contributed by atoms with Crippen LogP contribution in [0.15, 0.2) is 18.2 Å². The first-order valence-corrected chi connectivity index (χ1v) is 7.53. The molecule has 0 fully saturated rings. The van der Waals surface area contributed by atoms with E-state index in [1.807, 2.05) is 0 Å². The molecule has 1 unspecified atom stereocenters. The first-order chi connectivity index (χ1) is 9.38. The van der Waals surface area contributed by atoms with Gasteiger partial charge in [0.1, 0.15) is 12.4 Å². The summed E-state index contributed by atoms with van der Waals surface area (Å²) < 4.78 is 5.82. The van der Waals surface area contributed by atoms with Crippen molar-refractivity contribution in [1.82, 2.24) is 4.90 Å². The molecule has 0 radical (unpaired) electrons. The number of hydrogen-bond donors (Lipinski definition) is 1. The summed E-state index contributed by atoms with van der Waals surface area (Å²) in [7, 11) is 2.12. The molecule has 1 aromatic rings. The molecule has 0 spiro atoms. The van der Waals surface area contributed by atoms with Crippen LogP contribution < -0.4 is 10.5 Å². The van der Waals surface area contributed by atoms with Crippen LogP contribution in [0.25, 0.3) is 0 Å². The highest BCUT2D eigenvalue weighted by atomic mass is 16.5. The molecule has 0 aliphatic rings. The first kappa shape index (κ1) is 17.0. The molecule has 1 aromatic carbocycles. The molecular formula is C17H30N2O. The van der Waals surface area contributed by atoms with E-state index in [9.17, 15) is 0 Å². The standard InChI is InChI=1S/C17H30N2O/c1-13(2)17(18)6-7-19(5)8-9-20-16-11-14(3)10-15(4)12-16/h10-13,17H,6-9,18H2,1-5H3. The molecule has 1 atom stereocenters. The number of aryl methyl sites for hydroxylation is 2. The lowest BCUT2D eigenvalue weighted by molar-refractivity contribution is 0.228. The van der Waals surface area contributed by atoms with Gasteiger partial charge in [-0.3, -0.25) is 0 Å². The van der Waals surface area contributed by atoms with Gasteiger partial charge in [0.15, 0.2) is 0 Å². The topological polar surface area (TPSA) is 38.5 Å². The van der Waals surface area contributed by atoms with Gasteiger partial charge in [0.2, 0.25) is 0 Å². The van der Waals surface area contributed by atoms with Gasteiger partial charge in [0, 0.05) is 12.6 Å². The minimum atomic E-state index is 0.290. The second-order valence-corrected chi connectivity index (χ2v) is 6.17. The fourth-order valence-electron chi connectivity index (χ4n) is 2.15. The van der Waals surface area contributed by atoms with Gasteiger partial charge in [0.05, 0.1) is 0 Å². The van der Waals surface area contributed by atoms with Crippen LogP contribution in [0.3, 0.4) is 0 Å². The van der Waals surface area contributed by atoms with E-state index < -0.39 is 0 Å². The summed E-state index contributed by atoms with van der Waals surface area (Å²) in [5.41, 5.74) is 8.55. The Bertz CT molecular complexity index is 384. The average Bonchev–Trinajstić information content (AvgIpc) is 2.34. The molecule has 0 amide bonds. The summed E-state index contributed by atoms with van der Waals surface area (Å²) in [6.07, 6.45) is 1.04. The Morgan fingerprint density at radius 2 is 1.70 bits per heavy atom. The van der Waals surface area contributed by atoms with Crippen LogP contribution in [0.2, 0.25) is 0 Å². The SMILES string of the molecule is Cc1cc(C)cc(OCCN(C)CCC(N)C(C)C)c1. The smallest absolute Gasteiger partial charge is 0.119 e. The first-order valence-electron chi connectivity index (χ1n) is 7.53. The number of ether oxygens (including phenoxy) is 1. The lowest BCUT2D eigenvalue weighted by Gasteiger charge is -2.21. The van der Waals surface area contributed by atoms with E-state index in [1.165, 1.54) is 11.1 Å². The number of hydrogen-bond acceptors (Lipinski definition) is 3. The Morgan fingerprint density at radius 1 is 1.10 bits per heavy atom. The van der Waals surface area contributed by atoms with Crippen LogP contribution in [-0.4, -0.2) is 37.7 Å². The number of likely N-dealkylation sites (N-methyl/N-ethyl adjacent to an activating group) is 1. The average molecular weight is 278 g/mol. The zero-order valence-electron chi connectivity index (χ0n) is 13.6. The van der Waals surface area contributed by atoms with Gasteiger partial charge >= 0.3 is 0 Å². The maximum Gasteiger partial charge on any atom is 0.119 e. The molecule has 1 rings (SSSR count). The van der Waals surface area contributed by atoms with Gasteiger partial charge in [-0.1, -0.05) is 19.9 Å². The van der Waals surface area contributed by atoms with Crippen LogP contribution in [-0.2, 0) is 0 Å². The third-order valence-corrected chi connectivity index (χ3v) is 3.64. The Morgan fingerprint density at radius 3 is 2.25 bits per heavy atom. The lowest BCUT2D eigenvalue weighted by atomic mass is 10.0. The van der Waals surface area contributed by atoms with Gasteiger partial charge in [-0.15, -0.1) is 0 Å². The summed E-state index contributed by atoms with van der Waals surface area (Å²) in [6, 6.07) is 6.62. The minimum Gasteiger partial charge on any atom is -0.492 e. The number of rotatable bonds is 8. The number of benzene rings is 1. The summed E-state index contributed by atoms with van der Waals surface area (Å²) in [5, 5.41) is 0. The predicted molar refractivity (Wildman–Crippen MR) is 86.3 cm³/mol. The molecule has 3 nitrogen and oxygen atoms in total. The summed E-state index contributed by atoms with van der Waals surface area (Å²) in [5.74, 6) is 1.52. The normalized spacial score (nSPS) is 13.0. The van der Waals surface area contributed by atoms with Crippen molar-refractivity contribution in [2.24, 2.45) is 11.7 Å². The molecule has 2 N–H and O–H groups in total. The second-order valence-electron chi connectivity index (χ2n) is 6.17. The Balaban J connectivity index is 2.26. The van der Waals surface area contributed by atoms with E-state index in [2.05, 4.69) is 57.8 Å². The van der Waals surface area contributed by atoms with E-state index in [-0.39, 0.29) is 6.04 Å². The van der Waals surface area contributed by atoms with Crippen molar-refractivity contribution in [2.45, 2.75) is 40.2 Å². The fraction of sp³-hybridized carbons (Fsp3) is 0.647. The lowest BCUT2D eigenvalue weighted by Crippen LogP contribution is -2.33. The molecule has 0 heterocycles. The Labute approximate surface area is 124 Å². The third kappa shape index (κ3) is 6.40. The van der Waals surface area contributed by atoms with Crippen LogP contribution in [0.5, 0.6) is 5.75 Å². The van der Waals surface area contributed by atoms with Crippen LogP contribution in [0, 0.1) is 19.8 Å². The van der Waals surface area contributed by atoms with E-state index in [0.717, 1.165) is 31.9 Å². The molecule has 0 aliphatic carbocycles. The Hall–Kier alpha value is -1.06. The molecule has 0 saturated heterocycles. The Kier molecular flexibility index (Phi) is 7.03. The van der Waals surface area contributed by atoms with Gasteiger partial charge in [-0.25, -0.2) is 0 Å². The number of nitrogens with two attached hydrogens (primary N) is 1. The zero-order valence-corrected chi connectivity index (χ0v) is 13.6. The third-order valence-electron chi connectivity index (χ3n) is 3.64. The van der Waals surface area contributed by atoms with Crippen molar-refractivity contribution < 1.29 is 4.74 Å². The van der Waals surface area contributed by atoms with Crippen molar-refractivity contribution in [3.8, 4) is 5.75 Å². The van der Waals surface area contributed by atoms with Crippen molar-refractivity contribution in [1.29, 1.82) is 0 Å². The van der Waals surface area contributed by atoms with E-state index in [1.54, 1.807) is 0 Å². The molecule has 20 heavy (non-hydrogen) atoms. The van der Waals surface area contributed by atoms with Crippen molar-refractivity contribution in [3.63, 3.8) is 0 Å². The van der Waals surface area contributed by atoms with E-state index in [0.29, 0.717) is 5.92 Å². The van der Waals surface area contributed by atoms with Crippen molar-refractivity contribution in [2.75, 3.05) is 26.7 Å². The highest BCUT2D eigenvalue weighted by Gasteiger charge is 2.08. The predicted octanol–water partition coefficient (Wildman–Crippen LogP) is 2.99. The second kappa shape index (κ2) is 8.28. The quantitative estimate of drug-likeness (QED) is 0.794. The maximum absolute atomic E-state index is 6.06. The summed E-state index contributed by atoms with van der Waals surface area (Å²) >= 11 is 0. The van der Waals surface area contributed by atoms with Crippen LogP contribution >= 0.6 is 0 Å². The van der Waals surface area contributed by atoms with Crippen molar-refractivity contribution >= 4 is 0 Å². The number of nitrogens with zero attached hydrogens (tertiary/aromatic N) is 1. The molecule has 0 aromatic heterocycles. The highest BCUT2D eigenvalue weighted by Crippen LogP contribution is 2.16. The van der Waals surface area contributed by atoms with Crippen LogP contribution in [0.4, 0.5) is 0 Å². The van der Waals surface area contributed by atoms with E-state index >= 15 is 0 Å². The summed E-state index contributed by atoms with van der Waals surface area (Å²) in [6.45, 7) is 11.2. The van der Waals surface area contributed by atoms with E-state index in [4.69, 9.17) is 10.5 Å². The molecule has 0 bridgehead atoms. The molecule has 0 saturated carbocycles. The summed E-state index contributed by atoms with van der Waals surface area (Å²) in [4.78, 5) is 2.28. The highest BCUT2D eigenvalue weighted by molar-refractivity contribution is 5.32. The zero-order chi connectivity index (χ0) is 15.1. The maximum atomic E-state index is 6.06. The molecule has 114 valence electrons.